The molecule has 2 heterocycles. The lowest BCUT2D eigenvalue weighted by Gasteiger charge is -2.34. The second-order valence-corrected chi connectivity index (χ2v) is 7.67. The highest BCUT2D eigenvalue weighted by Crippen LogP contribution is 2.37. The first-order valence-corrected chi connectivity index (χ1v) is 9.33. The number of aromatic nitrogens is 1. The Morgan fingerprint density at radius 1 is 1.26 bits per heavy atom. The van der Waals surface area contributed by atoms with Crippen molar-refractivity contribution >= 4 is 32.8 Å². The number of carbonyl (C=O) groups excluding carboxylic acids is 1. The van der Waals surface area contributed by atoms with E-state index in [9.17, 15) is 18.0 Å². The van der Waals surface area contributed by atoms with Crippen molar-refractivity contribution in [2.75, 3.05) is 18.0 Å². The molecule has 0 amide bonds. The largest absolute Gasteiger partial charge is 0.475 e. The highest BCUT2D eigenvalue weighted by molar-refractivity contribution is 7.92. The number of methoxy groups -OCH3 is 1. The van der Waals surface area contributed by atoms with Crippen LogP contribution >= 0.6 is 0 Å². The molecule has 0 spiro atoms. The van der Waals surface area contributed by atoms with Gasteiger partial charge >= 0.3 is 11.7 Å². The Balaban J connectivity index is 1.83. The molecule has 1 aliphatic heterocycles. The highest BCUT2D eigenvalue weighted by Gasteiger charge is 2.38. The summed E-state index contributed by atoms with van der Waals surface area (Å²) >= 11 is 0. The van der Waals surface area contributed by atoms with E-state index in [1.54, 1.807) is 24.3 Å². The topological polar surface area (TPSA) is 119 Å². The Labute approximate surface area is 153 Å². The highest BCUT2D eigenvalue weighted by atomic mass is 32.2. The molecule has 0 radical (unpaired) electrons. The number of ether oxygens (including phenoxy) is 2. The minimum absolute atomic E-state index is 0.0851. The van der Waals surface area contributed by atoms with Crippen LogP contribution in [0.25, 0.3) is 11.1 Å². The van der Waals surface area contributed by atoms with Gasteiger partial charge in [-0.3, -0.25) is 9.29 Å². The van der Waals surface area contributed by atoms with E-state index < -0.39 is 27.9 Å². The number of para-hydroxylation sites is 2. The molecular formula is C17H14N2O7S. The Morgan fingerprint density at radius 2 is 2.04 bits per heavy atom. The fraction of sp³-hybridized carbons (Fsp3) is 0.176. The van der Waals surface area contributed by atoms with E-state index in [-0.39, 0.29) is 22.8 Å². The minimum Gasteiger partial charge on any atom is -0.475 e. The molecule has 140 valence electrons. The SMILES string of the molecule is COC(=O)[C@@H]1CN(S(=O)(=O)c2ccc3[nH]c(=O)oc3c2)c2ccccc2O1. The van der Waals surface area contributed by atoms with Gasteiger partial charge in [0.1, 0.15) is 5.75 Å². The summed E-state index contributed by atoms with van der Waals surface area (Å²) in [4.78, 5) is 25.6. The monoisotopic (exact) mass is 390 g/mol. The Kier molecular flexibility index (Phi) is 3.92. The number of nitrogens with one attached hydrogen (secondary N) is 1. The molecule has 1 aliphatic rings. The molecule has 1 atom stereocenters. The number of esters is 1. The van der Waals surface area contributed by atoms with Gasteiger partial charge in [0.25, 0.3) is 10.0 Å². The maximum Gasteiger partial charge on any atom is 0.417 e. The van der Waals surface area contributed by atoms with Crippen LogP contribution in [0, 0.1) is 0 Å². The minimum atomic E-state index is -4.06. The number of aromatic amines is 1. The predicted molar refractivity (Wildman–Crippen MR) is 94.2 cm³/mol. The van der Waals surface area contributed by atoms with E-state index >= 15 is 0 Å². The molecular weight excluding hydrogens is 376 g/mol. The second-order valence-electron chi connectivity index (χ2n) is 5.81. The molecule has 0 unspecified atom stereocenters. The lowest BCUT2D eigenvalue weighted by atomic mass is 10.2. The van der Waals surface area contributed by atoms with Gasteiger partial charge in [-0.15, -0.1) is 0 Å². The zero-order valence-electron chi connectivity index (χ0n) is 14.0. The average molecular weight is 390 g/mol. The summed E-state index contributed by atoms with van der Waals surface area (Å²) in [6.45, 7) is -0.249. The number of hydrogen-bond acceptors (Lipinski definition) is 7. The van der Waals surface area contributed by atoms with Crippen molar-refractivity contribution in [1.82, 2.24) is 4.98 Å². The molecule has 0 saturated heterocycles. The first-order chi connectivity index (χ1) is 12.9. The normalized spacial score (nSPS) is 16.6. The van der Waals surface area contributed by atoms with Gasteiger partial charge in [-0.25, -0.2) is 18.0 Å². The van der Waals surface area contributed by atoms with Gasteiger partial charge < -0.3 is 13.9 Å². The van der Waals surface area contributed by atoms with Crippen LogP contribution < -0.4 is 14.8 Å². The molecule has 1 aromatic heterocycles. The number of fused-ring (bicyclic) bond motifs is 2. The van der Waals surface area contributed by atoms with Gasteiger partial charge in [0.05, 0.1) is 29.8 Å². The summed E-state index contributed by atoms with van der Waals surface area (Å²) in [6, 6.07) is 10.5. The number of H-pyrrole nitrogens is 1. The van der Waals surface area contributed by atoms with Gasteiger partial charge in [0, 0.05) is 6.07 Å². The van der Waals surface area contributed by atoms with Crippen molar-refractivity contribution in [3.05, 3.63) is 53.0 Å². The van der Waals surface area contributed by atoms with Crippen molar-refractivity contribution in [2.45, 2.75) is 11.0 Å². The maximum atomic E-state index is 13.2. The molecule has 0 bridgehead atoms. The Bertz CT molecular complexity index is 1200. The van der Waals surface area contributed by atoms with Gasteiger partial charge in [0.2, 0.25) is 6.10 Å². The number of carbonyl (C=O) groups is 1. The molecule has 0 fully saturated rings. The lowest BCUT2D eigenvalue weighted by molar-refractivity contribution is -0.148. The average Bonchev–Trinajstić information content (AvgIpc) is 3.05. The van der Waals surface area contributed by atoms with Crippen LogP contribution in [0.15, 0.2) is 56.6 Å². The summed E-state index contributed by atoms with van der Waals surface area (Å²) in [6.07, 6.45) is -1.10. The van der Waals surface area contributed by atoms with Crippen LogP contribution in [0.5, 0.6) is 5.75 Å². The molecule has 27 heavy (non-hydrogen) atoms. The maximum absolute atomic E-state index is 13.2. The summed E-state index contributed by atoms with van der Waals surface area (Å²) in [5.41, 5.74) is 0.800. The van der Waals surface area contributed by atoms with Crippen molar-refractivity contribution in [3.63, 3.8) is 0 Å². The standard InChI is InChI=1S/C17H14N2O7S/c1-24-16(20)15-9-19(12-4-2-3-5-13(12)25-15)27(22,23)10-6-7-11-14(8-10)26-17(21)18-11/h2-8,15H,9H2,1H3,(H,18,21)/t15-/m0/s1. The summed E-state index contributed by atoms with van der Waals surface area (Å²) in [5.74, 6) is -1.12. The zero-order valence-corrected chi connectivity index (χ0v) is 14.9. The Morgan fingerprint density at radius 3 is 2.81 bits per heavy atom. The smallest absolute Gasteiger partial charge is 0.417 e. The van der Waals surface area contributed by atoms with E-state index in [1.165, 1.54) is 25.3 Å². The molecule has 0 saturated carbocycles. The molecule has 9 nitrogen and oxygen atoms in total. The van der Waals surface area contributed by atoms with Crippen LogP contribution in [0.2, 0.25) is 0 Å². The third-order valence-corrected chi connectivity index (χ3v) is 5.96. The van der Waals surface area contributed by atoms with Crippen LogP contribution in [-0.4, -0.2) is 39.1 Å². The van der Waals surface area contributed by atoms with Crippen LogP contribution in [0.4, 0.5) is 5.69 Å². The van der Waals surface area contributed by atoms with Gasteiger partial charge in [-0.1, -0.05) is 12.1 Å². The number of benzene rings is 2. The first kappa shape index (κ1) is 17.2. The third kappa shape index (κ3) is 2.83. The second kappa shape index (κ2) is 6.16. The van der Waals surface area contributed by atoms with E-state index in [1.807, 2.05) is 0 Å². The van der Waals surface area contributed by atoms with E-state index in [4.69, 9.17) is 13.9 Å². The zero-order chi connectivity index (χ0) is 19.2. The summed E-state index contributed by atoms with van der Waals surface area (Å²) in [7, 11) is -2.86. The molecule has 2 aromatic carbocycles. The van der Waals surface area contributed by atoms with Crippen molar-refractivity contribution in [1.29, 1.82) is 0 Å². The fourth-order valence-corrected chi connectivity index (χ4v) is 4.39. The number of hydrogen-bond donors (Lipinski definition) is 1. The molecule has 1 N–H and O–H groups in total. The van der Waals surface area contributed by atoms with Crippen molar-refractivity contribution in [2.24, 2.45) is 0 Å². The predicted octanol–water partition coefficient (Wildman–Crippen LogP) is 1.25. The third-order valence-electron chi connectivity index (χ3n) is 4.18. The Hall–Kier alpha value is -3.27. The first-order valence-electron chi connectivity index (χ1n) is 7.89. The number of nitrogens with zero attached hydrogens (tertiary/aromatic N) is 1. The lowest BCUT2D eigenvalue weighted by Crippen LogP contribution is -2.47. The number of sulfonamides is 1. The van der Waals surface area contributed by atoms with Gasteiger partial charge in [-0.2, -0.15) is 0 Å². The summed E-state index contributed by atoms with van der Waals surface area (Å²) in [5, 5.41) is 0. The number of rotatable bonds is 3. The fourth-order valence-electron chi connectivity index (χ4n) is 2.90. The molecule has 0 aliphatic carbocycles. The van der Waals surface area contributed by atoms with Crippen molar-refractivity contribution in [3.8, 4) is 5.75 Å². The quantitative estimate of drug-likeness (QED) is 0.669. The number of anilines is 1. The summed E-state index contributed by atoms with van der Waals surface area (Å²) < 4.78 is 42.8. The number of oxazole rings is 1. The van der Waals surface area contributed by atoms with E-state index in [0.717, 1.165) is 4.31 Å². The van der Waals surface area contributed by atoms with E-state index in [0.29, 0.717) is 11.2 Å². The van der Waals surface area contributed by atoms with Crippen LogP contribution in [0.3, 0.4) is 0 Å². The van der Waals surface area contributed by atoms with Crippen LogP contribution in [-0.2, 0) is 19.6 Å². The van der Waals surface area contributed by atoms with Gasteiger partial charge in [-0.05, 0) is 24.3 Å². The van der Waals surface area contributed by atoms with E-state index in [2.05, 4.69) is 4.98 Å². The molecule has 10 heteroatoms. The molecule has 4 rings (SSSR count). The molecule has 3 aromatic rings. The van der Waals surface area contributed by atoms with Gasteiger partial charge in [0.15, 0.2) is 5.58 Å². The van der Waals surface area contributed by atoms with Crippen molar-refractivity contribution < 1.29 is 27.1 Å². The van der Waals surface area contributed by atoms with Crippen LogP contribution in [0.1, 0.15) is 0 Å².